The zero-order valence-electron chi connectivity index (χ0n) is 16.1. The van der Waals surface area contributed by atoms with Crippen molar-refractivity contribution in [1.82, 2.24) is 9.97 Å². The van der Waals surface area contributed by atoms with E-state index < -0.39 is 0 Å². The molecule has 2 nitrogen and oxygen atoms in total. The molecule has 0 bridgehead atoms. The number of hydrogen-bond acceptors (Lipinski definition) is 1. The molecule has 0 saturated carbocycles. The van der Waals surface area contributed by atoms with Crippen LogP contribution in [0.25, 0.3) is 44.3 Å². The molecule has 1 aliphatic rings. The summed E-state index contributed by atoms with van der Waals surface area (Å²) >= 11 is 6.38. The number of hydrogen-bond donors (Lipinski definition) is 1. The number of fused-ring (bicyclic) bond motifs is 6. The van der Waals surface area contributed by atoms with Crippen LogP contribution in [0, 0.1) is 6.92 Å². The van der Waals surface area contributed by atoms with Crippen LogP contribution in [-0.2, 0) is 12.8 Å². The van der Waals surface area contributed by atoms with Gasteiger partial charge in [-0.1, -0.05) is 54.1 Å². The van der Waals surface area contributed by atoms with Crippen molar-refractivity contribution >= 4 is 33.4 Å². The number of nitrogens with zero attached hydrogens (tertiary/aromatic N) is 1. The number of nitrogens with one attached hydrogen (secondary N) is 1. The van der Waals surface area contributed by atoms with E-state index in [1.165, 1.54) is 44.4 Å². The zero-order chi connectivity index (χ0) is 19.5. The molecule has 0 aliphatic heterocycles. The summed E-state index contributed by atoms with van der Waals surface area (Å²) in [5, 5.41) is 3.18. The lowest BCUT2D eigenvalue weighted by Gasteiger charge is -2.22. The molecule has 0 spiro atoms. The van der Waals surface area contributed by atoms with Crippen molar-refractivity contribution in [2.45, 2.75) is 19.8 Å². The van der Waals surface area contributed by atoms with Crippen LogP contribution in [0.2, 0.25) is 5.02 Å². The van der Waals surface area contributed by atoms with Crippen LogP contribution < -0.4 is 0 Å². The van der Waals surface area contributed by atoms with Gasteiger partial charge in [-0.25, -0.2) is 4.98 Å². The van der Waals surface area contributed by atoms with E-state index in [1.54, 1.807) is 0 Å². The van der Waals surface area contributed by atoms with Gasteiger partial charge in [-0.05, 0) is 71.8 Å². The van der Waals surface area contributed by atoms with Crippen molar-refractivity contribution < 1.29 is 0 Å². The smallest absolute Gasteiger partial charge is 0.0913 e. The molecule has 140 valence electrons. The number of H-pyrrole nitrogens is 1. The van der Waals surface area contributed by atoms with Crippen molar-refractivity contribution in [1.29, 1.82) is 0 Å². The number of aromatic nitrogens is 2. The van der Waals surface area contributed by atoms with Gasteiger partial charge in [0, 0.05) is 21.3 Å². The first-order chi connectivity index (χ1) is 14.2. The van der Waals surface area contributed by atoms with E-state index in [2.05, 4.69) is 66.5 Å². The first kappa shape index (κ1) is 16.8. The molecule has 0 unspecified atom stereocenters. The number of aryl methyl sites for hydroxylation is 2. The highest BCUT2D eigenvalue weighted by atomic mass is 35.5. The average molecular weight is 395 g/mol. The Morgan fingerprint density at radius 1 is 0.862 bits per heavy atom. The highest BCUT2D eigenvalue weighted by molar-refractivity contribution is 6.31. The van der Waals surface area contributed by atoms with E-state index in [0.29, 0.717) is 0 Å². The summed E-state index contributed by atoms with van der Waals surface area (Å²) in [5.74, 6) is 0. The van der Waals surface area contributed by atoms with Crippen LogP contribution >= 0.6 is 11.6 Å². The topological polar surface area (TPSA) is 28.7 Å². The van der Waals surface area contributed by atoms with Crippen LogP contribution in [0.4, 0.5) is 0 Å². The Bertz CT molecular complexity index is 1410. The summed E-state index contributed by atoms with van der Waals surface area (Å²) in [4.78, 5) is 8.79. The Kier molecular flexibility index (Phi) is 3.60. The van der Waals surface area contributed by atoms with Crippen molar-refractivity contribution in [3.8, 4) is 22.5 Å². The minimum Gasteiger partial charge on any atom is -0.353 e. The van der Waals surface area contributed by atoms with Crippen LogP contribution in [0.15, 0.2) is 66.7 Å². The highest BCUT2D eigenvalue weighted by Crippen LogP contribution is 2.43. The van der Waals surface area contributed by atoms with E-state index >= 15 is 0 Å². The fraction of sp³-hybridized carbons (Fsp3) is 0.115. The van der Waals surface area contributed by atoms with Crippen LogP contribution in [0.3, 0.4) is 0 Å². The molecule has 0 fully saturated rings. The van der Waals surface area contributed by atoms with Gasteiger partial charge in [0.1, 0.15) is 0 Å². The lowest BCUT2D eigenvalue weighted by Crippen LogP contribution is -2.07. The molecule has 2 aromatic heterocycles. The van der Waals surface area contributed by atoms with E-state index in [-0.39, 0.29) is 0 Å². The van der Waals surface area contributed by atoms with Crippen LogP contribution in [0.1, 0.15) is 16.7 Å². The monoisotopic (exact) mass is 394 g/mol. The van der Waals surface area contributed by atoms with Gasteiger partial charge in [0.05, 0.1) is 16.9 Å². The summed E-state index contributed by atoms with van der Waals surface area (Å²) in [6.07, 6.45) is 1.99. The predicted octanol–water partition coefficient (Wildman–Crippen LogP) is 7.11. The summed E-state index contributed by atoms with van der Waals surface area (Å²) in [5.41, 5.74) is 10.9. The Balaban J connectivity index is 1.73. The average Bonchev–Trinajstić information content (AvgIpc) is 3.10. The maximum absolute atomic E-state index is 6.38. The van der Waals surface area contributed by atoms with Gasteiger partial charge < -0.3 is 4.98 Å². The molecule has 0 atom stereocenters. The van der Waals surface area contributed by atoms with Gasteiger partial charge >= 0.3 is 0 Å². The second kappa shape index (κ2) is 6.20. The van der Waals surface area contributed by atoms with Crippen molar-refractivity contribution in [2.24, 2.45) is 0 Å². The van der Waals surface area contributed by atoms with Gasteiger partial charge in [-0.2, -0.15) is 0 Å². The molecule has 29 heavy (non-hydrogen) atoms. The number of rotatable bonds is 1. The molecule has 1 N–H and O–H groups in total. The summed E-state index contributed by atoms with van der Waals surface area (Å²) in [6, 6.07) is 23.3. The molecular formula is C26H19ClN2. The Labute approximate surface area is 174 Å². The maximum Gasteiger partial charge on any atom is 0.0913 e. The molecule has 1 aliphatic carbocycles. The molecule has 5 aromatic rings. The molecule has 0 amide bonds. The van der Waals surface area contributed by atoms with E-state index in [9.17, 15) is 0 Å². The minimum absolute atomic E-state index is 0.744. The van der Waals surface area contributed by atoms with Crippen molar-refractivity contribution in [3.05, 3.63) is 88.4 Å². The summed E-state index contributed by atoms with van der Waals surface area (Å²) < 4.78 is 0. The molecule has 3 heteroatoms. The second-order valence-electron chi connectivity index (χ2n) is 7.87. The van der Waals surface area contributed by atoms with Gasteiger partial charge in [0.25, 0.3) is 0 Å². The molecule has 0 saturated heterocycles. The zero-order valence-corrected chi connectivity index (χ0v) is 16.8. The minimum atomic E-state index is 0.744. The third kappa shape index (κ3) is 2.53. The fourth-order valence-corrected chi connectivity index (χ4v) is 4.91. The largest absolute Gasteiger partial charge is 0.353 e. The Morgan fingerprint density at radius 3 is 2.55 bits per heavy atom. The molecule has 3 aromatic carbocycles. The molecule has 2 heterocycles. The van der Waals surface area contributed by atoms with E-state index in [4.69, 9.17) is 16.6 Å². The van der Waals surface area contributed by atoms with Gasteiger partial charge in [-0.15, -0.1) is 0 Å². The quantitative estimate of drug-likeness (QED) is 0.322. The lowest BCUT2D eigenvalue weighted by molar-refractivity contribution is 0.939. The van der Waals surface area contributed by atoms with E-state index in [0.717, 1.165) is 34.5 Å². The standard InChI is InChI=1S/C26H19ClN2/c1-15-7-9-18-19-10-11-20-24(16-5-3-2-4-6-16)21-14-17(27)8-12-22(21)28-26(20)25(19)29-23(18)13-15/h2-9,12-14,29H,10-11H2,1H3. The van der Waals surface area contributed by atoms with Crippen molar-refractivity contribution in [3.63, 3.8) is 0 Å². The third-order valence-electron chi connectivity index (χ3n) is 6.03. The van der Waals surface area contributed by atoms with Gasteiger partial charge in [0.2, 0.25) is 0 Å². The number of pyridine rings is 1. The Hall–Kier alpha value is -3.10. The molecule has 0 radical (unpaired) electrons. The third-order valence-corrected chi connectivity index (χ3v) is 6.27. The Morgan fingerprint density at radius 2 is 1.69 bits per heavy atom. The maximum atomic E-state index is 6.38. The second-order valence-corrected chi connectivity index (χ2v) is 8.31. The SMILES string of the molecule is Cc1ccc2c3c([nH]c2c1)-c1nc2ccc(Cl)cc2c(-c2ccccc2)c1CC3. The highest BCUT2D eigenvalue weighted by Gasteiger charge is 2.26. The van der Waals surface area contributed by atoms with Gasteiger partial charge in [-0.3, -0.25) is 0 Å². The number of halogens is 1. The summed E-state index contributed by atoms with van der Waals surface area (Å²) in [6.45, 7) is 2.14. The normalized spacial score (nSPS) is 12.9. The number of aromatic amines is 1. The van der Waals surface area contributed by atoms with Gasteiger partial charge in [0.15, 0.2) is 0 Å². The summed E-state index contributed by atoms with van der Waals surface area (Å²) in [7, 11) is 0. The van der Waals surface area contributed by atoms with Crippen LogP contribution in [-0.4, -0.2) is 9.97 Å². The fourth-order valence-electron chi connectivity index (χ4n) is 4.74. The first-order valence-electron chi connectivity index (χ1n) is 9.98. The number of benzene rings is 3. The van der Waals surface area contributed by atoms with E-state index in [1.807, 2.05) is 12.1 Å². The van der Waals surface area contributed by atoms with Crippen molar-refractivity contribution in [2.75, 3.05) is 0 Å². The van der Waals surface area contributed by atoms with Crippen LogP contribution in [0.5, 0.6) is 0 Å². The predicted molar refractivity (Wildman–Crippen MR) is 122 cm³/mol. The molecular weight excluding hydrogens is 376 g/mol. The lowest BCUT2D eigenvalue weighted by atomic mass is 9.85. The molecule has 6 rings (SSSR count). The first-order valence-corrected chi connectivity index (χ1v) is 10.4.